The van der Waals surface area contributed by atoms with E-state index in [0.29, 0.717) is 10.3 Å². The Kier molecular flexibility index (Phi) is 2.22. The molecule has 0 saturated heterocycles. The van der Waals surface area contributed by atoms with Gasteiger partial charge in [-0.1, -0.05) is 0 Å². The summed E-state index contributed by atoms with van der Waals surface area (Å²) in [6.07, 6.45) is -4.43. The van der Waals surface area contributed by atoms with E-state index in [2.05, 4.69) is 26.0 Å². The number of aromatic nitrogens is 3. The molecule has 2 heterocycles. The van der Waals surface area contributed by atoms with Crippen molar-refractivity contribution in [1.29, 1.82) is 0 Å². The summed E-state index contributed by atoms with van der Waals surface area (Å²) in [5.74, 6) is 0. The third kappa shape index (κ3) is 1.83. The Balaban J connectivity index is 2.82. The topological polar surface area (TPSA) is 30.2 Å². The van der Waals surface area contributed by atoms with Gasteiger partial charge in [0.25, 0.3) is 0 Å². The third-order valence-corrected chi connectivity index (χ3v) is 2.20. The van der Waals surface area contributed by atoms with Crippen LogP contribution < -0.4 is 0 Å². The van der Waals surface area contributed by atoms with Crippen molar-refractivity contribution in [1.82, 2.24) is 14.6 Å². The second-order valence-electron chi connectivity index (χ2n) is 3.02. The first-order chi connectivity index (χ1) is 6.88. The van der Waals surface area contributed by atoms with Crippen LogP contribution in [0.3, 0.4) is 0 Å². The predicted octanol–water partition coefficient (Wildman–Crippen LogP) is 2.82. The minimum Gasteiger partial charge on any atom is -0.234 e. The fraction of sp³-hybridized carbons (Fsp3) is 0.250. The SMILES string of the molecule is Cc1cc(C(F)(F)F)n2nc(Br)cc2n1. The highest BCUT2D eigenvalue weighted by molar-refractivity contribution is 9.10. The number of hydrogen-bond donors (Lipinski definition) is 0. The van der Waals surface area contributed by atoms with E-state index in [1.54, 1.807) is 0 Å². The molecule has 2 aromatic heterocycles. The average molecular weight is 280 g/mol. The highest BCUT2D eigenvalue weighted by Crippen LogP contribution is 2.30. The van der Waals surface area contributed by atoms with E-state index in [4.69, 9.17) is 0 Å². The Morgan fingerprint density at radius 2 is 2.00 bits per heavy atom. The molecule has 0 N–H and O–H groups in total. The van der Waals surface area contributed by atoms with Crippen molar-refractivity contribution in [2.75, 3.05) is 0 Å². The molecule has 0 fully saturated rings. The van der Waals surface area contributed by atoms with E-state index in [1.807, 2.05) is 0 Å². The van der Waals surface area contributed by atoms with Crippen LogP contribution in [0, 0.1) is 6.92 Å². The lowest BCUT2D eigenvalue weighted by Crippen LogP contribution is -2.13. The lowest BCUT2D eigenvalue weighted by atomic mass is 10.3. The van der Waals surface area contributed by atoms with Crippen LogP contribution in [0.1, 0.15) is 11.4 Å². The summed E-state index contributed by atoms with van der Waals surface area (Å²) < 4.78 is 38.9. The second kappa shape index (κ2) is 3.19. The summed E-state index contributed by atoms with van der Waals surface area (Å²) in [7, 11) is 0. The van der Waals surface area contributed by atoms with Crippen LogP contribution in [0.5, 0.6) is 0 Å². The average Bonchev–Trinajstić information content (AvgIpc) is 2.41. The van der Waals surface area contributed by atoms with Gasteiger partial charge in [-0.05, 0) is 28.9 Å². The van der Waals surface area contributed by atoms with Crippen molar-refractivity contribution < 1.29 is 13.2 Å². The van der Waals surface area contributed by atoms with Gasteiger partial charge in [0.1, 0.15) is 10.3 Å². The summed E-state index contributed by atoms with van der Waals surface area (Å²) in [6, 6.07) is 2.40. The molecular weight excluding hydrogens is 275 g/mol. The van der Waals surface area contributed by atoms with Gasteiger partial charge in [0.2, 0.25) is 0 Å². The molecule has 2 rings (SSSR count). The molecule has 0 atom stereocenters. The first-order valence-electron chi connectivity index (χ1n) is 3.98. The normalized spacial score (nSPS) is 12.3. The summed E-state index contributed by atoms with van der Waals surface area (Å²) in [5.41, 5.74) is -0.341. The largest absolute Gasteiger partial charge is 0.433 e. The zero-order valence-electron chi connectivity index (χ0n) is 7.51. The van der Waals surface area contributed by atoms with E-state index < -0.39 is 11.9 Å². The molecule has 7 heteroatoms. The molecule has 0 unspecified atom stereocenters. The molecule has 0 radical (unpaired) electrons. The first-order valence-corrected chi connectivity index (χ1v) is 4.77. The predicted molar refractivity (Wildman–Crippen MR) is 50.4 cm³/mol. The molecule has 0 aliphatic carbocycles. The number of nitrogens with zero attached hydrogens (tertiary/aromatic N) is 3. The van der Waals surface area contributed by atoms with E-state index >= 15 is 0 Å². The van der Waals surface area contributed by atoms with Crippen LogP contribution in [-0.2, 0) is 6.18 Å². The van der Waals surface area contributed by atoms with E-state index in [-0.39, 0.29) is 5.65 Å². The summed E-state index contributed by atoms with van der Waals surface area (Å²) in [5, 5.41) is 3.67. The molecule has 0 spiro atoms. The Labute approximate surface area is 91.1 Å². The number of aryl methyl sites for hydroxylation is 1. The van der Waals surface area contributed by atoms with Crippen LogP contribution in [0.25, 0.3) is 5.65 Å². The van der Waals surface area contributed by atoms with Crippen LogP contribution in [-0.4, -0.2) is 14.6 Å². The van der Waals surface area contributed by atoms with Gasteiger partial charge >= 0.3 is 6.18 Å². The summed E-state index contributed by atoms with van der Waals surface area (Å²) in [4.78, 5) is 3.94. The van der Waals surface area contributed by atoms with Gasteiger partial charge in [-0.3, -0.25) is 0 Å². The molecule has 2 aromatic rings. The monoisotopic (exact) mass is 279 g/mol. The Hall–Kier alpha value is -1.11. The molecule has 15 heavy (non-hydrogen) atoms. The third-order valence-electron chi connectivity index (χ3n) is 1.82. The van der Waals surface area contributed by atoms with E-state index in [9.17, 15) is 13.2 Å². The smallest absolute Gasteiger partial charge is 0.234 e. The van der Waals surface area contributed by atoms with Crippen molar-refractivity contribution in [3.8, 4) is 0 Å². The fourth-order valence-electron chi connectivity index (χ4n) is 1.27. The number of hydrogen-bond acceptors (Lipinski definition) is 2. The molecule has 3 nitrogen and oxygen atoms in total. The van der Waals surface area contributed by atoms with Crippen molar-refractivity contribution in [3.05, 3.63) is 28.1 Å². The van der Waals surface area contributed by atoms with E-state index in [1.165, 1.54) is 13.0 Å². The maximum Gasteiger partial charge on any atom is 0.433 e. The number of halogens is 4. The minimum absolute atomic E-state index is 0.175. The maximum absolute atomic E-state index is 12.6. The van der Waals surface area contributed by atoms with Crippen molar-refractivity contribution in [2.45, 2.75) is 13.1 Å². The molecule has 0 aromatic carbocycles. The second-order valence-corrected chi connectivity index (χ2v) is 3.83. The zero-order chi connectivity index (χ0) is 11.2. The van der Waals surface area contributed by atoms with Crippen LogP contribution in [0.4, 0.5) is 13.2 Å². The van der Waals surface area contributed by atoms with Gasteiger partial charge in [0.15, 0.2) is 5.65 Å². The number of fused-ring (bicyclic) bond motifs is 1. The van der Waals surface area contributed by atoms with Gasteiger partial charge < -0.3 is 0 Å². The van der Waals surface area contributed by atoms with Crippen LogP contribution in [0.15, 0.2) is 16.7 Å². The summed E-state index contributed by atoms with van der Waals surface area (Å²) in [6.45, 7) is 1.51. The maximum atomic E-state index is 12.6. The summed E-state index contributed by atoms with van der Waals surface area (Å²) >= 11 is 3.01. The van der Waals surface area contributed by atoms with Crippen molar-refractivity contribution in [3.63, 3.8) is 0 Å². The Morgan fingerprint density at radius 1 is 1.33 bits per heavy atom. The molecular formula is C8H5BrF3N3. The molecule has 0 aliphatic rings. The van der Waals surface area contributed by atoms with Crippen LogP contribution >= 0.6 is 15.9 Å². The van der Waals surface area contributed by atoms with Gasteiger partial charge in [-0.25, -0.2) is 9.50 Å². The van der Waals surface area contributed by atoms with Crippen LogP contribution in [0.2, 0.25) is 0 Å². The number of rotatable bonds is 0. The first kappa shape index (κ1) is 10.4. The van der Waals surface area contributed by atoms with E-state index in [0.717, 1.165) is 10.6 Å². The van der Waals surface area contributed by atoms with Gasteiger partial charge in [-0.2, -0.15) is 18.3 Å². The number of alkyl halides is 3. The molecule has 0 amide bonds. The van der Waals surface area contributed by atoms with Gasteiger partial charge in [-0.15, -0.1) is 0 Å². The molecule has 80 valence electrons. The quantitative estimate of drug-likeness (QED) is 0.742. The van der Waals surface area contributed by atoms with Gasteiger partial charge in [0, 0.05) is 11.8 Å². The minimum atomic E-state index is -4.43. The highest BCUT2D eigenvalue weighted by atomic mass is 79.9. The zero-order valence-corrected chi connectivity index (χ0v) is 9.09. The lowest BCUT2D eigenvalue weighted by molar-refractivity contribution is -0.142. The molecule has 0 saturated carbocycles. The lowest BCUT2D eigenvalue weighted by Gasteiger charge is -2.08. The fourth-order valence-corrected chi connectivity index (χ4v) is 1.64. The highest BCUT2D eigenvalue weighted by Gasteiger charge is 2.34. The Bertz CT molecular complexity index is 518. The molecule has 0 bridgehead atoms. The Morgan fingerprint density at radius 3 is 2.60 bits per heavy atom. The van der Waals surface area contributed by atoms with Crippen molar-refractivity contribution >= 4 is 21.6 Å². The van der Waals surface area contributed by atoms with Gasteiger partial charge in [0.05, 0.1) is 0 Å². The molecule has 0 aliphatic heterocycles. The standard InChI is InChI=1S/C8H5BrF3N3/c1-4-2-5(8(10,11)12)15-7(13-4)3-6(9)14-15/h2-3H,1H3. The van der Waals surface area contributed by atoms with Crippen molar-refractivity contribution in [2.24, 2.45) is 0 Å².